The van der Waals surface area contributed by atoms with E-state index < -0.39 is 29.5 Å². The molecule has 7 heteroatoms. The molecule has 140 valence electrons. The quantitative estimate of drug-likeness (QED) is 0.471. The second kappa shape index (κ2) is 7.17. The number of hydrogen-bond acceptors (Lipinski definition) is 4. The molecule has 4 nitrogen and oxygen atoms in total. The number of ether oxygens (including phenoxy) is 2. The molecule has 0 heterocycles. The molecule has 0 spiro atoms. The molecular formula is C18H23F3O4. The van der Waals surface area contributed by atoms with Crippen molar-refractivity contribution in [3.8, 4) is 5.75 Å². The van der Waals surface area contributed by atoms with Crippen molar-refractivity contribution in [1.82, 2.24) is 0 Å². The fourth-order valence-electron chi connectivity index (χ4n) is 1.97. The lowest BCUT2D eigenvalue weighted by Crippen LogP contribution is -2.53. The Morgan fingerprint density at radius 2 is 1.64 bits per heavy atom. The molecule has 1 aromatic rings. The molecule has 0 amide bonds. The number of esters is 1. The maximum Gasteiger partial charge on any atom is 0.419 e. The van der Waals surface area contributed by atoms with Crippen LogP contribution < -0.4 is 4.74 Å². The first-order valence-corrected chi connectivity index (χ1v) is 7.63. The molecular weight excluding hydrogens is 337 g/mol. The van der Waals surface area contributed by atoms with Gasteiger partial charge < -0.3 is 14.6 Å². The molecule has 0 bridgehead atoms. The second-order valence-corrected chi connectivity index (χ2v) is 6.61. The summed E-state index contributed by atoms with van der Waals surface area (Å²) in [6, 6.07) is 6.17. The highest BCUT2D eigenvalue weighted by Crippen LogP contribution is 2.37. The average molecular weight is 360 g/mol. The zero-order valence-electron chi connectivity index (χ0n) is 14.9. The lowest BCUT2D eigenvalue weighted by molar-refractivity contribution is -0.298. The zero-order valence-corrected chi connectivity index (χ0v) is 14.9. The summed E-state index contributed by atoms with van der Waals surface area (Å²) < 4.78 is 49.3. The number of alkyl halides is 3. The Bertz CT molecular complexity index is 631. The number of carbonyl (C=O) groups excluding carboxylic acids is 1. The van der Waals surface area contributed by atoms with Crippen molar-refractivity contribution in [3.05, 3.63) is 42.0 Å². The Hall–Kier alpha value is -1.86. The second-order valence-electron chi connectivity index (χ2n) is 6.61. The number of hydrogen-bond donors (Lipinski definition) is 1. The maximum atomic E-state index is 12.9. The third kappa shape index (κ3) is 5.06. The van der Waals surface area contributed by atoms with Crippen molar-refractivity contribution < 1.29 is 32.5 Å². The van der Waals surface area contributed by atoms with E-state index in [4.69, 9.17) is 9.47 Å². The molecule has 1 rings (SSSR count). The van der Waals surface area contributed by atoms with Gasteiger partial charge in [-0.05, 0) is 52.3 Å². The van der Waals surface area contributed by atoms with Crippen LogP contribution in [-0.4, -0.2) is 29.0 Å². The summed E-state index contributed by atoms with van der Waals surface area (Å²) in [5, 5.41) is 9.71. The minimum atomic E-state index is -4.82. The standard InChI is InChI=1S/C18H23F3O4/c1-11(2)15(22)24-14-9-7-13(8-10-14)16(4,5)25-12(3)17(6,23)18(19,20)21/h7-10,12,23H,1H2,2-6H3. The van der Waals surface area contributed by atoms with Gasteiger partial charge in [-0.3, -0.25) is 0 Å². The largest absolute Gasteiger partial charge is 0.423 e. The predicted molar refractivity (Wildman–Crippen MR) is 87.1 cm³/mol. The van der Waals surface area contributed by atoms with Crippen LogP contribution in [0.2, 0.25) is 0 Å². The highest BCUT2D eigenvalue weighted by Gasteiger charge is 2.55. The third-order valence-electron chi connectivity index (χ3n) is 3.95. The summed E-state index contributed by atoms with van der Waals surface area (Å²) in [5.74, 6) is -0.291. The fourth-order valence-corrected chi connectivity index (χ4v) is 1.97. The van der Waals surface area contributed by atoms with E-state index in [0.29, 0.717) is 12.5 Å². The van der Waals surface area contributed by atoms with Crippen molar-refractivity contribution >= 4 is 5.97 Å². The molecule has 0 fully saturated rings. The molecule has 25 heavy (non-hydrogen) atoms. The van der Waals surface area contributed by atoms with Crippen LogP contribution in [0.1, 0.15) is 40.2 Å². The average Bonchev–Trinajstić information content (AvgIpc) is 2.45. The number of halogens is 3. The number of rotatable bonds is 6. The van der Waals surface area contributed by atoms with Gasteiger partial charge in [0.15, 0.2) is 5.60 Å². The Balaban J connectivity index is 2.92. The molecule has 1 N–H and O–H groups in total. The molecule has 0 aromatic heterocycles. The van der Waals surface area contributed by atoms with Crippen molar-refractivity contribution in [1.29, 1.82) is 0 Å². The van der Waals surface area contributed by atoms with Crippen LogP contribution in [0.25, 0.3) is 0 Å². The van der Waals surface area contributed by atoms with Crippen molar-refractivity contribution in [2.24, 2.45) is 0 Å². The minimum Gasteiger partial charge on any atom is -0.423 e. The van der Waals surface area contributed by atoms with Gasteiger partial charge in [0.2, 0.25) is 0 Å². The molecule has 0 saturated heterocycles. The molecule has 0 aliphatic carbocycles. The van der Waals surface area contributed by atoms with Gasteiger partial charge in [-0.1, -0.05) is 18.7 Å². The van der Waals surface area contributed by atoms with Crippen molar-refractivity contribution in [2.45, 2.75) is 58.1 Å². The fraction of sp³-hybridized carbons (Fsp3) is 0.500. The molecule has 1 aromatic carbocycles. The summed E-state index contributed by atoms with van der Waals surface area (Å²) in [5.41, 5.74) is -3.28. The smallest absolute Gasteiger partial charge is 0.419 e. The van der Waals surface area contributed by atoms with Gasteiger partial charge in [0.1, 0.15) is 5.75 Å². The van der Waals surface area contributed by atoms with Gasteiger partial charge in [0, 0.05) is 5.57 Å². The lowest BCUT2D eigenvalue weighted by Gasteiger charge is -2.38. The van der Waals surface area contributed by atoms with Gasteiger partial charge in [-0.2, -0.15) is 13.2 Å². The normalized spacial score (nSPS) is 16.0. The van der Waals surface area contributed by atoms with Crippen LogP contribution in [0, 0.1) is 0 Å². The van der Waals surface area contributed by atoms with Crippen LogP contribution >= 0.6 is 0 Å². The lowest BCUT2D eigenvalue weighted by atomic mass is 9.94. The van der Waals surface area contributed by atoms with Gasteiger partial charge >= 0.3 is 12.1 Å². The highest BCUT2D eigenvalue weighted by atomic mass is 19.4. The van der Waals surface area contributed by atoms with E-state index in [1.54, 1.807) is 26.0 Å². The Morgan fingerprint density at radius 1 is 1.16 bits per heavy atom. The number of benzene rings is 1. The Morgan fingerprint density at radius 3 is 2.04 bits per heavy atom. The van der Waals surface area contributed by atoms with Crippen molar-refractivity contribution in [3.63, 3.8) is 0 Å². The Labute approximate surface area is 145 Å². The summed E-state index contributed by atoms with van der Waals surface area (Å²) in [6.07, 6.45) is -6.31. The summed E-state index contributed by atoms with van der Waals surface area (Å²) in [6.45, 7) is 10.0. The summed E-state index contributed by atoms with van der Waals surface area (Å²) in [4.78, 5) is 11.5. The topological polar surface area (TPSA) is 55.8 Å². The molecule has 0 aliphatic rings. The van der Waals surface area contributed by atoms with Crippen LogP contribution in [0.3, 0.4) is 0 Å². The monoisotopic (exact) mass is 360 g/mol. The molecule has 0 saturated carbocycles. The number of carbonyl (C=O) groups is 1. The molecule has 2 unspecified atom stereocenters. The SMILES string of the molecule is C=C(C)C(=O)Oc1ccc(C(C)(C)OC(C)C(C)(O)C(F)(F)F)cc1. The van der Waals surface area contributed by atoms with E-state index in [2.05, 4.69) is 6.58 Å². The maximum absolute atomic E-state index is 12.9. The molecule has 0 aliphatic heterocycles. The van der Waals surface area contributed by atoms with Crippen molar-refractivity contribution in [2.75, 3.05) is 0 Å². The zero-order chi connectivity index (χ0) is 19.6. The van der Waals surface area contributed by atoms with E-state index in [1.165, 1.54) is 19.1 Å². The van der Waals surface area contributed by atoms with E-state index in [1.807, 2.05) is 0 Å². The predicted octanol–water partition coefficient (Wildman–Crippen LogP) is 4.12. The van der Waals surface area contributed by atoms with Gasteiger partial charge in [0.05, 0.1) is 11.7 Å². The highest BCUT2D eigenvalue weighted by molar-refractivity contribution is 5.88. The molecule has 0 radical (unpaired) electrons. The van der Waals surface area contributed by atoms with Crippen LogP contribution in [0.15, 0.2) is 36.4 Å². The van der Waals surface area contributed by atoms with Gasteiger partial charge in [-0.25, -0.2) is 4.79 Å². The first-order chi connectivity index (χ1) is 11.2. The van der Waals surface area contributed by atoms with Crippen LogP contribution in [0.5, 0.6) is 5.75 Å². The summed E-state index contributed by atoms with van der Waals surface area (Å²) in [7, 11) is 0. The van der Waals surface area contributed by atoms with Crippen LogP contribution in [0.4, 0.5) is 13.2 Å². The van der Waals surface area contributed by atoms with E-state index >= 15 is 0 Å². The molecule has 2 atom stereocenters. The van der Waals surface area contributed by atoms with E-state index in [9.17, 15) is 23.1 Å². The minimum absolute atomic E-state index is 0.246. The van der Waals surface area contributed by atoms with Crippen LogP contribution in [-0.2, 0) is 15.1 Å². The third-order valence-corrected chi connectivity index (χ3v) is 3.95. The first-order valence-electron chi connectivity index (χ1n) is 7.63. The first kappa shape index (κ1) is 21.2. The summed E-state index contributed by atoms with van der Waals surface area (Å²) >= 11 is 0. The van der Waals surface area contributed by atoms with Gasteiger partial charge in [-0.15, -0.1) is 0 Å². The van der Waals surface area contributed by atoms with E-state index in [-0.39, 0.29) is 11.3 Å². The Kier molecular flexibility index (Phi) is 6.08. The van der Waals surface area contributed by atoms with Gasteiger partial charge in [0.25, 0.3) is 0 Å². The number of aliphatic hydroxyl groups is 1. The van der Waals surface area contributed by atoms with E-state index in [0.717, 1.165) is 6.92 Å².